The molecule has 0 spiro atoms. The normalized spacial score (nSPS) is 10.9. The number of carbonyl (C=O) groups excluding carboxylic acids is 1. The van der Waals surface area contributed by atoms with Gasteiger partial charge >= 0.3 is 13.9 Å². The van der Waals surface area contributed by atoms with E-state index < -0.39 is 13.9 Å². The second-order valence-electron chi connectivity index (χ2n) is 1.80. The molecule has 5 nitrogen and oxygen atoms in total. The fourth-order valence-corrected chi connectivity index (χ4v) is 1.03. The number of hydrogen-bond donors (Lipinski definition) is 1. The van der Waals surface area contributed by atoms with Crippen molar-refractivity contribution < 1.29 is 23.5 Å². The Kier molecular flexibility index (Phi) is 5.01. The zero-order valence-electron chi connectivity index (χ0n) is 7.02. The van der Waals surface area contributed by atoms with Gasteiger partial charge in [-0.2, -0.15) is 13.9 Å². The first-order valence-corrected chi connectivity index (χ1v) is 4.85. The molecule has 0 aliphatic heterocycles. The van der Waals surface area contributed by atoms with Gasteiger partial charge in [-0.1, -0.05) is 6.58 Å². The highest BCUT2D eigenvalue weighted by atomic mass is 31.2. The molecule has 0 saturated carbocycles. The fourth-order valence-electron chi connectivity index (χ4n) is 0.384. The second kappa shape index (κ2) is 5.22. The highest BCUT2D eigenvalue weighted by molar-refractivity contribution is 7.60. The summed E-state index contributed by atoms with van der Waals surface area (Å²) in [6.07, 6.45) is 0.709. The lowest BCUT2D eigenvalue weighted by atomic mass is 10.7. The summed E-state index contributed by atoms with van der Waals surface area (Å²) in [5.41, 5.74) is 0. The molecule has 0 aliphatic carbocycles. The molecule has 1 N–H and O–H groups in total. The maximum absolute atomic E-state index is 10.5. The molecule has 0 aromatic carbocycles. The van der Waals surface area contributed by atoms with Crippen LogP contribution in [-0.4, -0.2) is 31.4 Å². The number of hydrogen-bond acceptors (Lipinski definition) is 5. The molecule has 6 heteroatoms. The van der Waals surface area contributed by atoms with E-state index in [1.807, 2.05) is 0 Å². The van der Waals surface area contributed by atoms with E-state index in [4.69, 9.17) is 0 Å². The Hall–Kier alpha value is -0.480. The summed E-state index contributed by atoms with van der Waals surface area (Å²) in [6, 6.07) is 0. The van der Waals surface area contributed by atoms with Gasteiger partial charge in [0.1, 0.15) is 0 Å². The van der Waals surface area contributed by atoms with E-state index in [1.165, 1.54) is 14.2 Å². The van der Waals surface area contributed by atoms with E-state index in [9.17, 15) is 9.69 Å². The molecule has 0 aromatic rings. The molecule has 0 aliphatic rings. The summed E-state index contributed by atoms with van der Waals surface area (Å²) in [4.78, 5) is 19.9. The Balaban J connectivity index is 3.88. The number of carbonyl (C=O) groups is 1. The lowest BCUT2D eigenvalue weighted by Gasteiger charge is -2.11. The van der Waals surface area contributed by atoms with Gasteiger partial charge in [-0.15, -0.1) is 0 Å². The van der Waals surface area contributed by atoms with Crippen LogP contribution >= 0.6 is 7.94 Å². The van der Waals surface area contributed by atoms with Crippen molar-refractivity contribution in [2.45, 2.75) is 0 Å². The van der Waals surface area contributed by atoms with Crippen LogP contribution in [0, 0.1) is 0 Å². The van der Waals surface area contributed by atoms with Gasteiger partial charge in [0.25, 0.3) is 6.35 Å². The van der Waals surface area contributed by atoms with Gasteiger partial charge in [0, 0.05) is 6.08 Å². The van der Waals surface area contributed by atoms with Crippen LogP contribution in [0.15, 0.2) is 12.7 Å². The maximum Gasteiger partial charge on any atom is 0.448 e. The molecule has 0 unspecified atom stereocenters. The van der Waals surface area contributed by atoms with Gasteiger partial charge < -0.3 is 4.74 Å². The summed E-state index contributed by atoms with van der Waals surface area (Å²) in [6.45, 7) is 3.19. The molecule has 70 valence electrons. The van der Waals surface area contributed by atoms with Crippen molar-refractivity contribution >= 4 is 13.9 Å². The molecule has 0 bridgehead atoms. The average molecular weight is 195 g/mol. The molecule has 0 amide bonds. The van der Waals surface area contributed by atoms with Gasteiger partial charge in [-0.3, -0.25) is 0 Å². The third-order valence-corrected chi connectivity index (χ3v) is 2.70. The van der Waals surface area contributed by atoms with E-state index >= 15 is 0 Å². The fraction of sp³-hybridized carbons (Fsp3) is 0.500. The molecule has 0 heterocycles. The molecule has 0 rings (SSSR count). The van der Waals surface area contributed by atoms with E-state index in [0.29, 0.717) is 0 Å². The van der Waals surface area contributed by atoms with Gasteiger partial charge in [0.2, 0.25) is 0 Å². The molecule has 0 saturated heterocycles. The summed E-state index contributed by atoms with van der Waals surface area (Å²) in [7, 11) is -0.435. The summed E-state index contributed by atoms with van der Waals surface area (Å²) in [5, 5.41) is 0. The van der Waals surface area contributed by atoms with E-state index in [1.54, 1.807) is 0 Å². The monoisotopic (exact) mass is 195 g/mol. The van der Waals surface area contributed by atoms with Gasteiger partial charge in [0.05, 0.1) is 14.2 Å². The minimum absolute atomic E-state index is 0.287. The van der Waals surface area contributed by atoms with E-state index in [0.717, 1.165) is 6.08 Å². The number of ether oxygens (including phenoxy) is 1. The average Bonchev–Trinajstić information content (AvgIpc) is 2.13. The smallest absolute Gasteiger partial charge is 0.418 e. The summed E-state index contributed by atoms with van der Waals surface area (Å²) >= 11 is 0. The largest absolute Gasteiger partial charge is 0.448 e. The van der Waals surface area contributed by atoms with Crippen LogP contribution in [0.2, 0.25) is 0 Å². The van der Waals surface area contributed by atoms with Crippen molar-refractivity contribution in [3.8, 4) is 0 Å². The zero-order valence-corrected chi connectivity index (χ0v) is 7.91. The Labute approximate surface area is 71.5 Å². The lowest BCUT2D eigenvalue weighted by molar-refractivity contribution is -0.136. The van der Waals surface area contributed by atoms with Crippen molar-refractivity contribution in [1.82, 2.24) is 0 Å². The van der Waals surface area contributed by atoms with Crippen LogP contribution in [0.25, 0.3) is 0 Å². The number of esters is 1. The highest BCUT2D eigenvalue weighted by Gasteiger charge is 2.39. The second-order valence-corrected chi connectivity index (χ2v) is 4.06. The first-order chi connectivity index (χ1) is 5.58. The Morgan fingerprint density at radius 2 is 2.08 bits per heavy atom. The van der Waals surface area contributed by atoms with Crippen molar-refractivity contribution in [2.75, 3.05) is 20.6 Å². The molecular weight excluding hydrogens is 183 g/mol. The lowest BCUT2D eigenvalue weighted by Crippen LogP contribution is -2.09. The van der Waals surface area contributed by atoms with Gasteiger partial charge in [0.15, 0.2) is 0 Å². The van der Waals surface area contributed by atoms with Crippen LogP contribution in [0.3, 0.4) is 0 Å². The predicted molar refractivity (Wildman–Crippen MR) is 44.3 cm³/mol. The predicted octanol–water partition coefficient (Wildman–Crippen LogP) is 0.721. The summed E-state index contributed by atoms with van der Waals surface area (Å²) in [5.74, 6) is -0.623. The first-order valence-electron chi connectivity index (χ1n) is 3.09. The van der Waals surface area contributed by atoms with Crippen molar-refractivity contribution in [3.63, 3.8) is 0 Å². The van der Waals surface area contributed by atoms with Gasteiger partial charge in [-0.05, 0) is 0 Å². The number of rotatable bonds is 5. The van der Waals surface area contributed by atoms with E-state index in [2.05, 4.69) is 20.4 Å². The summed E-state index contributed by atoms with van der Waals surface area (Å²) < 4.78 is 13.8. The Bertz CT molecular complexity index is 165. The van der Waals surface area contributed by atoms with Crippen molar-refractivity contribution in [1.29, 1.82) is 0 Å². The molecule has 0 atom stereocenters. The minimum Gasteiger partial charge on any atom is -0.418 e. The minimum atomic E-state index is -2.99. The quantitative estimate of drug-likeness (QED) is 0.397. The molecule has 0 radical (unpaired) electrons. The standard InChI is InChI=1S/C6H12O5P/c1-4-6(7)11-5-12(8,9-2)10-3/h4,8H,1,5H2,2-3H3/q+1. The SMILES string of the molecule is C=CC(=O)OC[P+](O)(OC)OC. The van der Waals surface area contributed by atoms with Crippen LogP contribution in [0.4, 0.5) is 0 Å². The molecule has 0 aromatic heterocycles. The third kappa shape index (κ3) is 3.78. The Morgan fingerprint density at radius 1 is 1.58 bits per heavy atom. The molecular formula is C6H12O5P+. The van der Waals surface area contributed by atoms with Crippen LogP contribution in [-0.2, 0) is 18.6 Å². The van der Waals surface area contributed by atoms with Crippen LogP contribution < -0.4 is 0 Å². The van der Waals surface area contributed by atoms with Crippen LogP contribution in [0.5, 0.6) is 0 Å². The Morgan fingerprint density at radius 3 is 2.42 bits per heavy atom. The van der Waals surface area contributed by atoms with Crippen LogP contribution in [0.1, 0.15) is 0 Å². The molecule has 0 fully saturated rings. The topological polar surface area (TPSA) is 65.0 Å². The molecule has 12 heavy (non-hydrogen) atoms. The van der Waals surface area contributed by atoms with Crippen molar-refractivity contribution in [2.24, 2.45) is 0 Å². The zero-order chi connectivity index (χ0) is 9.61. The van der Waals surface area contributed by atoms with Crippen molar-refractivity contribution in [3.05, 3.63) is 12.7 Å². The van der Waals surface area contributed by atoms with E-state index in [-0.39, 0.29) is 6.35 Å². The third-order valence-electron chi connectivity index (χ3n) is 1.11. The first kappa shape index (κ1) is 11.5. The van der Waals surface area contributed by atoms with Gasteiger partial charge in [-0.25, -0.2) is 4.79 Å². The maximum atomic E-state index is 10.5. The highest BCUT2D eigenvalue weighted by Crippen LogP contribution is 2.55.